The summed E-state index contributed by atoms with van der Waals surface area (Å²) in [6.45, 7) is 0. The summed E-state index contributed by atoms with van der Waals surface area (Å²) in [6.07, 6.45) is -4.27. The Morgan fingerprint density at radius 1 is 0.613 bits per heavy atom. The van der Waals surface area contributed by atoms with Gasteiger partial charge in [0.05, 0.1) is 18.8 Å². The monoisotopic (exact) mass is 844 g/mol. The maximum Gasteiger partial charge on any atom is 0.338 e. The molecule has 6 aromatic carbocycles. The molecular formula is C54H52O7S. The van der Waals surface area contributed by atoms with Crippen molar-refractivity contribution in [3.63, 3.8) is 0 Å². The highest BCUT2D eigenvalue weighted by atomic mass is 32.1. The minimum Gasteiger partial charge on any atom is -0.465 e. The summed E-state index contributed by atoms with van der Waals surface area (Å²) in [5.74, 6) is -0.822. The van der Waals surface area contributed by atoms with Gasteiger partial charge in [0.1, 0.15) is 29.0 Å². The molecular weight excluding hydrogens is 793 g/mol. The fourth-order valence-electron chi connectivity index (χ4n) is 9.43. The molecule has 0 amide bonds. The van der Waals surface area contributed by atoms with Gasteiger partial charge in [0, 0.05) is 36.5 Å². The van der Waals surface area contributed by atoms with E-state index < -0.39 is 41.1 Å². The van der Waals surface area contributed by atoms with E-state index in [9.17, 15) is 25.2 Å². The smallest absolute Gasteiger partial charge is 0.338 e. The van der Waals surface area contributed by atoms with Gasteiger partial charge >= 0.3 is 5.97 Å². The number of methoxy groups -OCH3 is 1. The second kappa shape index (κ2) is 18.7. The molecule has 0 radical (unpaired) electrons. The Balaban J connectivity index is 1.39. The first-order chi connectivity index (χ1) is 30.1. The highest BCUT2D eigenvalue weighted by Crippen LogP contribution is 2.56. The molecule has 0 spiro atoms. The number of aliphatic hydroxyl groups is 4. The molecule has 0 saturated carbocycles. The number of esters is 1. The number of carbonyl (C=O) groups excluding carboxylic acids is 1. The fourth-order valence-corrected chi connectivity index (χ4v) is 10.3. The molecule has 7 aromatic rings. The van der Waals surface area contributed by atoms with Gasteiger partial charge in [0.2, 0.25) is 0 Å². The maximum atomic E-state index is 14.1. The Morgan fingerprint density at radius 3 is 1.60 bits per heavy atom. The van der Waals surface area contributed by atoms with Crippen molar-refractivity contribution < 1.29 is 34.7 Å². The summed E-state index contributed by atoms with van der Waals surface area (Å²) in [7, 11) is 1.30. The Hall–Kier alpha value is -5.71. The number of benzene rings is 6. The molecule has 316 valence electrons. The molecule has 8 heteroatoms. The average molecular weight is 845 g/mol. The van der Waals surface area contributed by atoms with Gasteiger partial charge in [-0.1, -0.05) is 170 Å². The molecule has 4 N–H and O–H groups in total. The molecule has 2 heterocycles. The molecule has 62 heavy (non-hydrogen) atoms. The van der Waals surface area contributed by atoms with E-state index in [-0.39, 0.29) is 42.7 Å². The van der Waals surface area contributed by atoms with Crippen LogP contribution in [0, 0.1) is 0 Å². The zero-order valence-electron chi connectivity index (χ0n) is 34.7. The summed E-state index contributed by atoms with van der Waals surface area (Å²) >= 11 is 1.63. The quantitative estimate of drug-likeness (QED) is 0.0763. The first kappa shape index (κ1) is 43.0. The normalized spacial score (nSPS) is 23.3. The molecule has 0 aliphatic carbocycles. The minimum atomic E-state index is -2.45. The van der Waals surface area contributed by atoms with E-state index in [1.807, 2.05) is 163 Å². The Morgan fingerprint density at radius 2 is 1.10 bits per heavy atom. The van der Waals surface area contributed by atoms with Crippen molar-refractivity contribution in [2.24, 2.45) is 0 Å². The van der Waals surface area contributed by atoms with Crippen LogP contribution in [0.15, 0.2) is 187 Å². The predicted molar refractivity (Wildman–Crippen MR) is 243 cm³/mol. The fraction of sp³-hybridized carbons (Fsp3) is 0.241. The number of hydrogen-bond acceptors (Lipinski definition) is 8. The molecule has 8 rings (SSSR count). The van der Waals surface area contributed by atoms with E-state index in [4.69, 9.17) is 9.47 Å². The first-order valence-corrected chi connectivity index (χ1v) is 22.0. The summed E-state index contributed by atoms with van der Waals surface area (Å²) in [5, 5.41) is 56.5. The van der Waals surface area contributed by atoms with Gasteiger partial charge in [-0.25, -0.2) is 4.79 Å². The molecule has 2 unspecified atom stereocenters. The van der Waals surface area contributed by atoms with Crippen LogP contribution in [0.5, 0.6) is 0 Å². The van der Waals surface area contributed by atoms with Gasteiger partial charge in [-0.3, -0.25) is 0 Å². The number of aliphatic hydroxyl groups excluding tert-OH is 1. The number of ether oxygens (including phenoxy) is 2. The van der Waals surface area contributed by atoms with E-state index >= 15 is 0 Å². The lowest BCUT2D eigenvalue weighted by molar-refractivity contribution is -0.368. The summed E-state index contributed by atoms with van der Waals surface area (Å²) in [5.41, 5.74) is -1.99. The molecule has 1 saturated heterocycles. The van der Waals surface area contributed by atoms with E-state index in [2.05, 4.69) is 18.2 Å². The van der Waals surface area contributed by atoms with E-state index in [0.717, 1.165) is 21.6 Å². The molecule has 7 nitrogen and oxygen atoms in total. The second-order valence-corrected chi connectivity index (χ2v) is 17.5. The predicted octanol–water partition coefficient (Wildman–Crippen LogP) is 8.87. The van der Waals surface area contributed by atoms with Crippen molar-refractivity contribution in [1.29, 1.82) is 0 Å². The minimum absolute atomic E-state index is 0.0648. The molecule has 7 atom stereocenters. The molecule has 1 aromatic heterocycles. The largest absolute Gasteiger partial charge is 0.465 e. The highest BCUT2D eigenvalue weighted by molar-refractivity contribution is 7.10. The van der Waals surface area contributed by atoms with Crippen LogP contribution in [-0.2, 0) is 41.6 Å². The van der Waals surface area contributed by atoms with Crippen LogP contribution < -0.4 is 0 Å². The van der Waals surface area contributed by atoms with Crippen LogP contribution in [0.25, 0.3) is 0 Å². The Bertz CT molecular complexity index is 2500. The second-order valence-electron chi connectivity index (χ2n) is 16.5. The van der Waals surface area contributed by atoms with Crippen LogP contribution in [0.1, 0.15) is 66.2 Å². The van der Waals surface area contributed by atoms with Gasteiger partial charge < -0.3 is 29.9 Å². The van der Waals surface area contributed by atoms with Gasteiger partial charge in [-0.05, 0) is 62.9 Å². The first-order valence-electron chi connectivity index (χ1n) is 21.1. The lowest BCUT2D eigenvalue weighted by Gasteiger charge is -2.62. The lowest BCUT2D eigenvalue weighted by atomic mass is 9.56. The van der Waals surface area contributed by atoms with Crippen LogP contribution in [0.4, 0.5) is 0 Å². The maximum absolute atomic E-state index is 14.1. The van der Waals surface area contributed by atoms with E-state index in [0.29, 0.717) is 23.1 Å². The topological polar surface area (TPSA) is 116 Å². The number of carbonyl (C=O) groups is 1. The molecule has 1 aliphatic rings. The van der Waals surface area contributed by atoms with Crippen LogP contribution >= 0.6 is 11.3 Å². The number of rotatable bonds is 15. The van der Waals surface area contributed by atoms with Gasteiger partial charge in [0.15, 0.2) is 0 Å². The van der Waals surface area contributed by atoms with Gasteiger partial charge in [-0.2, -0.15) is 0 Å². The van der Waals surface area contributed by atoms with Crippen LogP contribution in [-0.4, -0.2) is 62.5 Å². The molecule has 0 bridgehead atoms. The van der Waals surface area contributed by atoms with Crippen molar-refractivity contribution in [2.45, 2.75) is 73.1 Å². The third kappa shape index (κ3) is 8.68. The van der Waals surface area contributed by atoms with Crippen molar-refractivity contribution in [3.8, 4) is 0 Å². The van der Waals surface area contributed by atoms with Crippen molar-refractivity contribution in [2.75, 3.05) is 7.11 Å². The third-order valence-electron chi connectivity index (χ3n) is 12.5. The van der Waals surface area contributed by atoms with Crippen LogP contribution in [0.3, 0.4) is 0 Å². The molecule has 1 aliphatic heterocycles. The zero-order chi connectivity index (χ0) is 43.2. The zero-order valence-corrected chi connectivity index (χ0v) is 35.5. The lowest BCUT2D eigenvalue weighted by Crippen LogP contribution is -2.81. The van der Waals surface area contributed by atoms with Crippen LogP contribution in [0.2, 0.25) is 0 Å². The Kier molecular flexibility index (Phi) is 13.0. The standard InChI is InChI=1S/C54H52O7S/c1-60-51(56)44-30-29-43(45(48-28-17-31-62-48)32-38-18-7-2-8-19-38)34-46(44)49-52(57,35-40-22-11-4-12-23-40)54(59,37-42-26-15-6-16-27-42)53(58,36-41-24-13-5-14-25-41)50(61-49)47(55)33-39-20-9-3-10-21-39/h2-31,34,45,47,49-50,55,57-59H,32-33,35-37H2,1H3/t45?,47?,49-,50+,52-,53+,54+/m0/s1. The SMILES string of the molecule is COC(=O)c1ccc(C(Cc2ccccc2)c2cccs2)cc1[C@@H]1O[C@H](C(O)Cc2ccccc2)[C@](O)(Cc2ccccc2)[C@@](O)(Cc2ccccc2)[C@]1(O)Cc1ccccc1. The van der Waals surface area contributed by atoms with E-state index in [1.54, 1.807) is 17.4 Å². The third-order valence-corrected chi connectivity index (χ3v) is 13.5. The summed E-state index contributed by atoms with van der Waals surface area (Å²) in [6, 6.07) is 57.0. The van der Waals surface area contributed by atoms with E-state index in [1.165, 1.54) is 7.11 Å². The summed E-state index contributed by atoms with van der Waals surface area (Å²) in [4.78, 5) is 15.1. The van der Waals surface area contributed by atoms with Crippen molar-refractivity contribution in [1.82, 2.24) is 0 Å². The number of thiophene rings is 1. The van der Waals surface area contributed by atoms with Crippen molar-refractivity contribution >= 4 is 17.3 Å². The summed E-state index contributed by atoms with van der Waals surface area (Å²) < 4.78 is 12.6. The highest BCUT2D eigenvalue weighted by Gasteiger charge is 2.72. The number of hydrogen-bond donors (Lipinski definition) is 4. The average Bonchev–Trinajstić information content (AvgIpc) is 3.84. The van der Waals surface area contributed by atoms with Crippen molar-refractivity contribution in [3.05, 3.63) is 237 Å². The van der Waals surface area contributed by atoms with Gasteiger partial charge in [0.25, 0.3) is 0 Å². The Labute approximate surface area is 367 Å². The molecule has 1 fully saturated rings. The van der Waals surface area contributed by atoms with Gasteiger partial charge in [-0.15, -0.1) is 11.3 Å².